The van der Waals surface area contributed by atoms with E-state index in [1.807, 2.05) is 12.1 Å². The first-order valence-corrected chi connectivity index (χ1v) is 12.2. The van der Waals surface area contributed by atoms with Crippen molar-refractivity contribution in [3.8, 4) is 27.5 Å². The van der Waals surface area contributed by atoms with E-state index in [2.05, 4.69) is 15.3 Å². The van der Waals surface area contributed by atoms with E-state index in [9.17, 15) is 9.59 Å². The molecule has 0 saturated heterocycles. The number of carbonyl (C=O) groups is 2. The van der Waals surface area contributed by atoms with Gasteiger partial charge in [0.05, 0.1) is 39.9 Å². The normalized spacial score (nSPS) is 12.1. The number of thiazole rings is 1. The van der Waals surface area contributed by atoms with Gasteiger partial charge in [0, 0.05) is 49.6 Å². The predicted octanol–water partition coefficient (Wildman–Crippen LogP) is 2.76. The van der Waals surface area contributed by atoms with E-state index in [0.29, 0.717) is 22.1 Å². The fourth-order valence-corrected chi connectivity index (χ4v) is 5.45. The third kappa shape index (κ3) is 4.23. The molecule has 4 N–H and O–H groups in total. The highest BCUT2D eigenvalue weighted by Gasteiger charge is 2.30. The number of nitrogens with zero attached hydrogens (tertiary/aromatic N) is 5. The van der Waals surface area contributed by atoms with Crippen molar-refractivity contribution in [1.29, 1.82) is 0 Å². The molecule has 3 heterocycles. The zero-order valence-electron chi connectivity index (χ0n) is 19.9. The fourth-order valence-electron chi connectivity index (χ4n) is 4.34. The topological polar surface area (TPSA) is 139 Å². The Hall–Kier alpha value is -4.09. The van der Waals surface area contributed by atoms with Gasteiger partial charge in [0.1, 0.15) is 0 Å². The van der Waals surface area contributed by atoms with Crippen molar-refractivity contribution >= 4 is 34.0 Å². The zero-order chi connectivity index (χ0) is 25.4. The van der Waals surface area contributed by atoms with Crippen LogP contribution in [0, 0.1) is 0 Å². The van der Waals surface area contributed by atoms with Crippen molar-refractivity contribution in [2.45, 2.75) is 19.8 Å². The Morgan fingerprint density at radius 1 is 1.28 bits per heavy atom. The maximum Gasteiger partial charge on any atom is 0.253 e. The summed E-state index contributed by atoms with van der Waals surface area (Å²) in [6, 6.07) is 8.95. The number of nitrogens with one attached hydrogen (secondary N) is 1. The number of nitrogens with two attached hydrogens (primary N) is 1. The van der Waals surface area contributed by atoms with Crippen molar-refractivity contribution in [2.24, 2.45) is 0 Å². The second-order valence-electron chi connectivity index (χ2n) is 8.53. The molecule has 36 heavy (non-hydrogen) atoms. The highest BCUT2D eigenvalue weighted by atomic mass is 32.1. The molecule has 184 valence electrons. The predicted molar refractivity (Wildman–Crippen MR) is 138 cm³/mol. The first-order valence-electron chi connectivity index (χ1n) is 11.4. The molecule has 0 aliphatic heterocycles. The standard InChI is InChI=1S/C25H25N7O3S/c1-14(34)28-25-29-19-7-6-17-21(16-4-3-9-27-13-16)30-32(22(17)23(19)36-25)20-8-5-15(12-18(20)26)24(35)31(2)10-11-33/h3-5,8-9,12-13,33H,6-7,10-11,26H2,1-2H3,(H,28,29,34). The third-order valence-electron chi connectivity index (χ3n) is 6.01. The van der Waals surface area contributed by atoms with Crippen LogP contribution in [0.25, 0.3) is 27.5 Å². The van der Waals surface area contributed by atoms with Crippen LogP contribution in [0.4, 0.5) is 10.8 Å². The summed E-state index contributed by atoms with van der Waals surface area (Å²) in [4.78, 5) is 35.6. The van der Waals surface area contributed by atoms with Gasteiger partial charge < -0.3 is 21.1 Å². The van der Waals surface area contributed by atoms with Crippen LogP contribution in [-0.2, 0) is 17.6 Å². The molecular weight excluding hydrogens is 478 g/mol. The Labute approximate surface area is 211 Å². The molecule has 1 aromatic carbocycles. The third-order valence-corrected chi connectivity index (χ3v) is 7.03. The SMILES string of the molecule is CC(=O)Nc1nc2c(s1)-c1c(c(-c3cccnc3)nn1-c1ccc(C(=O)N(C)CCO)cc1N)CC2. The Bertz CT molecular complexity index is 1460. The van der Waals surface area contributed by atoms with Crippen LogP contribution in [0.5, 0.6) is 0 Å². The van der Waals surface area contributed by atoms with Gasteiger partial charge in [-0.1, -0.05) is 11.3 Å². The fraction of sp³-hybridized carbons (Fsp3) is 0.240. The Morgan fingerprint density at radius 3 is 2.81 bits per heavy atom. The molecule has 5 rings (SSSR count). The average molecular weight is 504 g/mol. The van der Waals surface area contributed by atoms with Gasteiger partial charge in [0.15, 0.2) is 5.13 Å². The minimum absolute atomic E-state index is 0.121. The molecule has 0 unspecified atom stereocenters. The van der Waals surface area contributed by atoms with E-state index in [4.69, 9.17) is 15.9 Å². The Kier molecular flexibility index (Phi) is 6.25. The second kappa shape index (κ2) is 9.51. The largest absolute Gasteiger partial charge is 0.397 e. The molecule has 0 bridgehead atoms. The Morgan fingerprint density at radius 2 is 2.11 bits per heavy atom. The molecule has 0 saturated carbocycles. The smallest absolute Gasteiger partial charge is 0.253 e. The minimum atomic E-state index is -0.231. The summed E-state index contributed by atoms with van der Waals surface area (Å²) in [5.74, 6) is -0.410. The van der Waals surface area contributed by atoms with Gasteiger partial charge in [0.25, 0.3) is 5.91 Å². The summed E-state index contributed by atoms with van der Waals surface area (Å²) in [6.07, 6.45) is 4.94. The number of aryl methyl sites for hydroxylation is 1. The number of nitrogen functional groups attached to an aromatic ring is 1. The van der Waals surface area contributed by atoms with E-state index < -0.39 is 0 Å². The van der Waals surface area contributed by atoms with Crippen molar-refractivity contribution in [3.05, 3.63) is 59.5 Å². The molecule has 0 fully saturated rings. The van der Waals surface area contributed by atoms with E-state index >= 15 is 0 Å². The number of hydrogen-bond donors (Lipinski definition) is 3. The highest BCUT2D eigenvalue weighted by molar-refractivity contribution is 7.19. The summed E-state index contributed by atoms with van der Waals surface area (Å²) in [5, 5.41) is 17.4. The molecule has 3 aromatic heterocycles. The molecule has 11 heteroatoms. The summed E-state index contributed by atoms with van der Waals surface area (Å²) in [7, 11) is 1.63. The Balaban J connectivity index is 1.66. The van der Waals surface area contributed by atoms with Gasteiger partial charge >= 0.3 is 0 Å². The van der Waals surface area contributed by atoms with Crippen molar-refractivity contribution in [3.63, 3.8) is 0 Å². The van der Waals surface area contributed by atoms with Gasteiger partial charge in [-0.05, 0) is 43.2 Å². The van der Waals surface area contributed by atoms with Crippen molar-refractivity contribution in [2.75, 3.05) is 31.2 Å². The van der Waals surface area contributed by atoms with Crippen LogP contribution in [-0.4, -0.2) is 61.8 Å². The number of benzene rings is 1. The summed E-state index contributed by atoms with van der Waals surface area (Å²) in [5.41, 5.74) is 12.4. The summed E-state index contributed by atoms with van der Waals surface area (Å²) >= 11 is 1.40. The van der Waals surface area contributed by atoms with Gasteiger partial charge in [-0.25, -0.2) is 9.67 Å². The molecule has 0 radical (unpaired) electrons. The van der Waals surface area contributed by atoms with E-state index in [1.165, 1.54) is 23.2 Å². The van der Waals surface area contributed by atoms with Gasteiger partial charge in [0.2, 0.25) is 5.91 Å². The summed E-state index contributed by atoms with van der Waals surface area (Å²) in [6.45, 7) is 1.56. The van der Waals surface area contributed by atoms with Crippen LogP contribution < -0.4 is 11.1 Å². The van der Waals surface area contributed by atoms with Crippen LogP contribution in [0.1, 0.15) is 28.5 Å². The number of aliphatic hydroxyl groups excluding tert-OH is 1. The van der Waals surface area contributed by atoms with E-state index in [-0.39, 0.29) is 25.0 Å². The first-order chi connectivity index (χ1) is 17.4. The van der Waals surface area contributed by atoms with E-state index in [0.717, 1.165) is 45.9 Å². The monoisotopic (exact) mass is 503 g/mol. The molecule has 0 atom stereocenters. The first kappa shape index (κ1) is 23.6. The number of fused-ring (bicyclic) bond motifs is 3. The van der Waals surface area contributed by atoms with Gasteiger partial charge in [-0.15, -0.1) is 0 Å². The average Bonchev–Trinajstić information content (AvgIpc) is 3.44. The quantitative estimate of drug-likeness (QED) is 0.344. The second-order valence-corrected chi connectivity index (χ2v) is 9.53. The molecule has 2 amide bonds. The number of likely N-dealkylation sites (N-methyl/N-ethyl adjacent to an activating group) is 1. The molecule has 1 aliphatic carbocycles. The number of aliphatic hydroxyl groups is 1. The molecular formula is C25H25N7O3S. The molecule has 1 aliphatic rings. The minimum Gasteiger partial charge on any atom is -0.397 e. The maximum atomic E-state index is 12.7. The van der Waals surface area contributed by atoms with Crippen molar-refractivity contribution in [1.82, 2.24) is 24.6 Å². The molecule has 10 nitrogen and oxygen atoms in total. The number of hydrogen-bond acceptors (Lipinski definition) is 8. The van der Waals surface area contributed by atoms with Crippen LogP contribution in [0.2, 0.25) is 0 Å². The van der Waals surface area contributed by atoms with E-state index in [1.54, 1.807) is 42.3 Å². The van der Waals surface area contributed by atoms with Crippen LogP contribution in [0.15, 0.2) is 42.7 Å². The molecule has 0 spiro atoms. The lowest BCUT2D eigenvalue weighted by Crippen LogP contribution is -2.29. The lowest BCUT2D eigenvalue weighted by Gasteiger charge is -2.18. The van der Waals surface area contributed by atoms with Gasteiger partial charge in [-0.2, -0.15) is 5.10 Å². The lowest BCUT2D eigenvalue weighted by atomic mass is 9.95. The number of pyridine rings is 1. The number of amides is 2. The van der Waals surface area contributed by atoms with Crippen LogP contribution >= 0.6 is 11.3 Å². The maximum absolute atomic E-state index is 12.7. The number of rotatable bonds is 6. The number of aromatic nitrogens is 4. The lowest BCUT2D eigenvalue weighted by molar-refractivity contribution is -0.114. The van der Waals surface area contributed by atoms with Crippen LogP contribution in [0.3, 0.4) is 0 Å². The summed E-state index contributed by atoms with van der Waals surface area (Å²) < 4.78 is 1.80. The van der Waals surface area contributed by atoms with Gasteiger partial charge in [-0.3, -0.25) is 14.6 Å². The number of anilines is 2. The zero-order valence-corrected chi connectivity index (χ0v) is 20.7. The molecule has 4 aromatic rings. The number of carbonyl (C=O) groups excluding carboxylic acids is 2. The van der Waals surface area contributed by atoms with Crippen molar-refractivity contribution < 1.29 is 14.7 Å². The highest BCUT2D eigenvalue weighted by Crippen LogP contribution is 2.44.